The van der Waals surface area contributed by atoms with Gasteiger partial charge in [-0.3, -0.25) is 9.59 Å². The molecule has 28 heavy (non-hydrogen) atoms. The molecule has 1 aromatic rings. The van der Waals surface area contributed by atoms with Crippen LogP contribution in [0.15, 0.2) is 12.5 Å². The molecule has 7 heteroatoms. The average Bonchev–Trinajstić information content (AvgIpc) is 3.32. The quantitative estimate of drug-likeness (QED) is 0.746. The third-order valence-electron chi connectivity index (χ3n) is 6.64. The van der Waals surface area contributed by atoms with Gasteiger partial charge in [-0.1, -0.05) is 6.42 Å². The molecule has 0 radical (unpaired) electrons. The molecule has 2 aliphatic heterocycles. The van der Waals surface area contributed by atoms with E-state index in [1.807, 2.05) is 11.9 Å². The second kappa shape index (κ2) is 8.64. The number of hydrogen-bond acceptors (Lipinski definition) is 4. The predicted molar refractivity (Wildman–Crippen MR) is 107 cm³/mol. The van der Waals surface area contributed by atoms with Crippen LogP contribution in [0.4, 0.5) is 0 Å². The van der Waals surface area contributed by atoms with Crippen LogP contribution < -0.4 is 0 Å². The molecule has 1 saturated carbocycles. The standard InChI is InChI=1S/C21H33N5O2/c1-23-15-19(22-16-23)21(28)25-11-5-8-18(14-25)26(20(27)17-6-4-7-17)13-12-24-9-2-3-10-24/h15-18H,2-14H2,1H3. The summed E-state index contributed by atoms with van der Waals surface area (Å²) in [6, 6.07) is 0.136. The summed E-state index contributed by atoms with van der Waals surface area (Å²) < 4.78 is 1.80. The minimum Gasteiger partial charge on any atom is -0.340 e. The van der Waals surface area contributed by atoms with Gasteiger partial charge in [0.2, 0.25) is 5.91 Å². The fraction of sp³-hybridized carbons (Fsp3) is 0.762. The zero-order valence-corrected chi connectivity index (χ0v) is 17.1. The Bertz CT molecular complexity index is 693. The van der Waals surface area contributed by atoms with Crippen molar-refractivity contribution in [3.8, 4) is 0 Å². The van der Waals surface area contributed by atoms with Crippen molar-refractivity contribution in [1.29, 1.82) is 0 Å². The first-order chi connectivity index (χ1) is 13.6. The van der Waals surface area contributed by atoms with Crippen LogP contribution in [-0.2, 0) is 11.8 Å². The van der Waals surface area contributed by atoms with E-state index in [9.17, 15) is 9.59 Å². The molecule has 1 atom stereocenters. The largest absolute Gasteiger partial charge is 0.340 e. The average molecular weight is 388 g/mol. The van der Waals surface area contributed by atoms with Gasteiger partial charge < -0.3 is 19.3 Å². The van der Waals surface area contributed by atoms with Crippen LogP contribution in [0.3, 0.4) is 0 Å². The van der Waals surface area contributed by atoms with Crippen LogP contribution in [-0.4, -0.2) is 81.4 Å². The lowest BCUT2D eigenvalue weighted by atomic mass is 9.83. The molecule has 7 nitrogen and oxygen atoms in total. The predicted octanol–water partition coefficient (Wildman–Crippen LogP) is 1.75. The Balaban J connectivity index is 1.43. The lowest BCUT2D eigenvalue weighted by molar-refractivity contribution is -0.141. The molecular formula is C21H33N5O2. The fourth-order valence-corrected chi connectivity index (χ4v) is 4.70. The summed E-state index contributed by atoms with van der Waals surface area (Å²) in [5.41, 5.74) is 0.497. The van der Waals surface area contributed by atoms with E-state index in [-0.39, 0.29) is 17.9 Å². The second-order valence-corrected chi connectivity index (χ2v) is 8.68. The molecule has 0 aromatic carbocycles. The normalized spacial score (nSPS) is 23.6. The summed E-state index contributed by atoms with van der Waals surface area (Å²) in [7, 11) is 1.88. The molecule has 154 valence electrons. The Morgan fingerprint density at radius 2 is 1.89 bits per heavy atom. The van der Waals surface area contributed by atoms with E-state index in [0.29, 0.717) is 18.1 Å². The van der Waals surface area contributed by atoms with E-state index < -0.39 is 0 Å². The van der Waals surface area contributed by atoms with Crippen molar-refractivity contribution in [1.82, 2.24) is 24.3 Å². The molecule has 3 fully saturated rings. The maximum Gasteiger partial charge on any atom is 0.274 e. The highest BCUT2D eigenvalue weighted by Gasteiger charge is 2.36. The Morgan fingerprint density at radius 1 is 1.11 bits per heavy atom. The number of imidazole rings is 1. The van der Waals surface area contributed by atoms with E-state index in [1.54, 1.807) is 17.1 Å². The highest BCUT2D eigenvalue weighted by Crippen LogP contribution is 2.30. The molecule has 1 unspecified atom stereocenters. The summed E-state index contributed by atoms with van der Waals surface area (Å²) in [6.45, 7) is 5.45. The number of nitrogens with zero attached hydrogens (tertiary/aromatic N) is 5. The fourth-order valence-electron chi connectivity index (χ4n) is 4.70. The maximum absolute atomic E-state index is 13.2. The summed E-state index contributed by atoms with van der Waals surface area (Å²) >= 11 is 0. The van der Waals surface area contributed by atoms with E-state index in [0.717, 1.165) is 58.4 Å². The molecule has 0 spiro atoms. The van der Waals surface area contributed by atoms with E-state index in [2.05, 4.69) is 14.8 Å². The van der Waals surface area contributed by atoms with Crippen LogP contribution in [0.5, 0.6) is 0 Å². The summed E-state index contributed by atoms with van der Waals surface area (Å²) in [6.07, 6.45) is 11.1. The van der Waals surface area contributed by atoms with Gasteiger partial charge in [-0.15, -0.1) is 0 Å². The Hall–Kier alpha value is -1.89. The summed E-state index contributed by atoms with van der Waals surface area (Å²) in [5, 5.41) is 0. The van der Waals surface area contributed by atoms with Gasteiger partial charge in [0.15, 0.2) is 0 Å². The highest BCUT2D eigenvalue weighted by atomic mass is 16.2. The minimum atomic E-state index is -0.0131. The first-order valence-electron chi connectivity index (χ1n) is 10.9. The van der Waals surface area contributed by atoms with Crippen molar-refractivity contribution in [2.45, 2.75) is 51.0 Å². The number of rotatable bonds is 6. The lowest BCUT2D eigenvalue weighted by Gasteiger charge is -2.42. The van der Waals surface area contributed by atoms with E-state index in [4.69, 9.17) is 0 Å². The zero-order valence-electron chi connectivity index (χ0n) is 17.1. The van der Waals surface area contributed by atoms with Gasteiger partial charge in [0.05, 0.1) is 6.33 Å². The minimum absolute atomic E-state index is 0.0131. The van der Waals surface area contributed by atoms with E-state index in [1.165, 1.54) is 19.3 Å². The first kappa shape index (κ1) is 19.4. The highest BCUT2D eigenvalue weighted by molar-refractivity contribution is 5.92. The second-order valence-electron chi connectivity index (χ2n) is 8.68. The molecule has 1 aliphatic carbocycles. The number of carbonyl (C=O) groups is 2. The summed E-state index contributed by atoms with van der Waals surface area (Å²) in [4.78, 5) is 36.7. The number of aromatic nitrogens is 2. The third-order valence-corrected chi connectivity index (χ3v) is 6.64. The summed E-state index contributed by atoms with van der Waals surface area (Å²) in [5.74, 6) is 0.518. The molecule has 2 amide bonds. The molecule has 3 heterocycles. The molecular weight excluding hydrogens is 354 g/mol. The van der Waals surface area contributed by atoms with Crippen molar-refractivity contribution in [3.63, 3.8) is 0 Å². The number of carbonyl (C=O) groups excluding carboxylic acids is 2. The topological polar surface area (TPSA) is 61.7 Å². The number of aryl methyl sites for hydroxylation is 1. The number of likely N-dealkylation sites (tertiary alicyclic amines) is 2. The molecule has 2 saturated heterocycles. The first-order valence-corrected chi connectivity index (χ1v) is 10.9. The van der Waals surface area contributed by atoms with Gasteiger partial charge in [0.25, 0.3) is 5.91 Å². The SMILES string of the molecule is Cn1cnc(C(=O)N2CCCC(N(CCN3CCCC3)C(=O)C3CCC3)C2)c1. The molecule has 3 aliphatic rings. The van der Waals surface area contributed by atoms with Gasteiger partial charge in [0.1, 0.15) is 5.69 Å². The van der Waals surface area contributed by atoms with Crippen LogP contribution in [0, 0.1) is 5.92 Å². The smallest absolute Gasteiger partial charge is 0.274 e. The number of hydrogen-bond donors (Lipinski definition) is 0. The number of amides is 2. The van der Waals surface area contributed by atoms with Crippen molar-refractivity contribution in [2.24, 2.45) is 13.0 Å². The molecule has 0 bridgehead atoms. The Morgan fingerprint density at radius 3 is 2.54 bits per heavy atom. The Kier molecular flexibility index (Phi) is 5.99. The Labute approximate surface area is 167 Å². The molecule has 4 rings (SSSR count). The maximum atomic E-state index is 13.2. The van der Waals surface area contributed by atoms with Crippen molar-refractivity contribution in [3.05, 3.63) is 18.2 Å². The van der Waals surface area contributed by atoms with Crippen LogP contribution in [0.2, 0.25) is 0 Å². The molecule has 0 N–H and O–H groups in total. The van der Waals surface area contributed by atoms with Gasteiger partial charge in [-0.25, -0.2) is 4.98 Å². The van der Waals surface area contributed by atoms with Gasteiger partial charge in [-0.05, 0) is 51.6 Å². The van der Waals surface area contributed by atoms with E-state index >= 15 is 0 Å². The monoisotopic (exact) mass is 387 g/mol. The van der Waals surface area contributed by atoms with Gasteiger partial charge in [0, 0.05) is 51.4 Å². The van der Waals surface area contributed by atoms with Crippen LogP contribution >= 0.6 is 0 Å². The van der Waals surface area contributed by atoms with Crippen LogP contribution in [0.25, 0.3) is 0 Å². The van der Waals surface area contributed by atoms with Crippen molar-refractivity contribution < 1.29 is 9.59 Å². The van der Waals surface area contributed by atoms with Crippen molar-refractivity contribution in [2.75, 3.05) is 39.3 Å². The zero-order chi connectivity index (χ0) is 19.5. The van der Waals surface area contributed by atoms with Crippen LogP contribution in [0.1, 0.15) is 55.4 Å². The van der Waals surface area contributed by atoms with Gasteiger partial charge in [-0.2, -0.15) is 0 Å². The van der Waals surface area contributed by atoms with Crippen molar-refractivity contribution >= 4 is 11.8 Å². The van der Waals surface area contributed by atoms with Gasteiger partial charge >= 0.3 is 0 Å². The lowest BCUT2D eigenvalue weighted by Crippen LogP contribution is -2.55. The molecule has 1 aromatic heterocycles. The third kappa shape index (κ3) is 4.24. The number of piperidine rings is 1.